The molecule has 2 heterocycles. The molecule has 0 spiro atoms. The fourth-order valence-electron chi connectivity index (χ4n) is 5.15. The molecule has 0 aliphatic carbocycles. The van der Waals surface area contributed by atoms with Gasteiger partial charge in [-0.2, -0.15) is 0 Å². The van der Waals surface area contributed by atoms with E-state index in [4.69, 9.17) is 0 Å². The van der Waals surface area contributed by atoms with E-state index in [1.165, 1.54) is 0 Å². The number of nitrogens with zero attached hydrogens (tertiary/aromatic N) is 2. The first kappa shape index (κ1) is 18.8. The lowest BCUT2D eigenvalue weighted by Crippen LogP contribution is -2.05. The quantitative estimate of drug-likeness (QED) is 0.332. The Morgan fingerprint density at radius 3 is 1.71 bits per heavy atom. The van der Waals surface area contributed by atoms with Gasteiger partial charge in [0.2, 0.25) is 0 Å². The first-order chi connectivity index (χ1) is 16.7. The topological polar surface area (TPSA) is 59.9 Å². The summed E-state index contributed by atoms with van der Waals surface area (Å²) in [5.74, 6) is 0. The van der Waals surface area contributed by atoms with Gasteiger partial charge >= 0.3 is 0 Å². The van der Waals surface area contributed by atoms with Crippen LogP contribution in [-0.4, -0.2) is 9.97 Å². The van der Waals surface area contributed by atoms with E-state index in [9.17, 15) is 9.59 Å². The zero-order valence-corrected chi connectivity index (χ0v) is 17.9. The maximum absolute atomic E-state index is 13.2. The van der Waals surface area contributed by atoms with Crippen LogP contribution in [0.5, 0.6) is 0 Å². The maximum atomic E-state index is 13.2. The van der Waals surface area contributed by atoms with Crippen molar-refractivity contribution >= 4 is 32.3 Å². The van der Waals surface area contributed by atoms with Crippen LogP contribution in [-0.2, 0) is 0 Å². The van der Waals surface area contributed by atoms with Gasteiger partial charge in [0.15, 0.2) is 0 Å². The number of hydrogen-bond acceptors (Lipinski definition) is 4. The van der Waals surface area contributed by atoms with E-state index in [2.05, 4.69) is 22.1 Å². The maximum Gasteiger partial charge on any atom is 0.280 e. The van der Waals surface area contributed by atoms with Crippen LogP contribution in [0, 0.1) is 10.4 Å². The zero-order chi connectivity index (χ0) is 22.8. The van der Waals surface area contributed by atoms with Gasteiger partial charge < -0.3 is 0 Å². The SMILES string of the molecule is O=c1nc(-c2cc3ccccc3c3ccccc23)c2c(=O)nc(-c3cccc4ccccc34)c1=2. The molecule has 5 aromatic rings. The summed E-state index contributed by atoms with van der Waals surface area (Å²) >= 11 is 0. The molecule has 0 aromatic heterocycles. The Kier molecular flexibility index (Phi) is 3.82. The minimum atomic E-state index is -0.417. The largest absolute Gasteiger partial charge is 0.280 e. The average molecular weight is 436 g/mol. The van der Waals surface area contributed by atoms with Gasteiger partial charge in [0, 0.05) is 11.1 Å². The van der Waals surface area contributed by atoms with Gasteiger partial charge in [-0.25, -0.2) is 9.97 Å². The summed E-state index contributed by atoms with van der Waals surface area (Å²) in [6, 6.07) is 31.9. The van der Waals surface area contributed by atoms with E-state index in [-0.39, 0.29) is 0 Å². The summed E-state index contributed by atoms with van der Waals surface area (Å²) in [7, 11) is 0. The average Bonchev–Trinajstić information content (AvgIpc) is 3.41. The van der Waals surface area contributed by atoms with E-state index >= 15 is 0 Å². The Bertz CT molecular complexity index is 2060. The van der Waals surface area contributed by atoms with E-state index < -0.39 is 11.1 Å². The van der Waals surface area contributed by atoms with Crippen molar-refractivity contribution in [2.24, 2.45) is 0 Å². The van der Waals surface area contributed by atoms with E-state index in [1.807, 2.05) is 84.9 Å². The fraction of sp³-hybridized carbons (Fsp3) is 0. The molecular formula is C30H16N2O2. The van der Waals surface area contributed by atoms with Crippen molar-refractivity contribution in [1.29, 1.82) is 0 Å². The van der Waals surface area contributed by atoms with Gasteiger partial charge in [0.1, 0.15) is 0 Å². The predicted octanol–water partition coefficient (Wildman–Crippen LogP) is 5.59. The molecule has 2 aliphatic rings. The summed E-state index contributed by atoms with van der Waals surface area (Å²) in [4.78, 5) is 35.2. The van der Waals surface area contributed by atoms with Gasteiger partial charge in [0.05, 0.1) is 21.8 Å². The molecule has 4 nitrogen and oxygen atoms in total. The number of rotatable bonds is 2. The van der Waals surface area contributed by atoms with Crippen LogP contribution in [0.2, 0.25) is 0 Å². The molecule has 4 heteroatoms. The van der Waals surface area contributed by atoms with Gasteiger partial charge in [-0.1, -0.05) is 91.0 Å². The van der Waals surface area contributed by atoms with Crippen molar-refractivity contribution in [3.05, 3.63) is 128 Å². The minimum Gasteiger partial charge on any atom is -0.267 e. The van der Waals surface area contributed by atoms with Crippen molar-refractivity contribution < 1.29 is 0 Å². The molecule has 5 aromatic carbocycles. The van der Waals surface area contributed by atoms with E-state index in [1.54, 1.807) is 0 Å². The minimum absolute atomic E-state index is 0.299. The van der Waals surface area contributed by atoms with Crippen LogP contribution in [0.25, 0.3) is 54.8 Å². The van der Waals surface area contributed by atoms with Crippen molar-refractivity contribution in [3.63, 3.8) is 0 Å². The van der Waals surface area contributed by atoms with E-state index in [0.29, 0.717) is 21.8 Å². The van der Waals surface area contributed by atoms with E-state index in [0.717, 1.165) is 43.4 Å². The predicted molar refractivity (Wildman–Crippen MR) is 136 cm³/mol. The highest BCUT2D eigenvalue weighted by molar-refractivity contribution is 6.13. The molecule has 0 bridgehead atoms. The van der Waals surface area contributed by atoms with Crippen LogP contribution in [0.3, 0.4) is 0 Å². The van der Waals surface area contributed by atoms with Crippen molar-refractivity contribution in [2.45, 2.75) is 0 Å². The number of fused-ring (bicyclic) bond motifs is 4. The Morgan fingerprint density at radius 1 is 0.441 bits per heavy atom. The van der Waals surface area contributed by atoms with Crippen LogP contribution in [0.1, 0.15) is 0 Å². The Morgan fingerprint density at radius 2 is 0.971 bits per heavy atom. The fourth-order valence-corrected chi connectivity index (χ4v) is 5.15. The van der Waals surface area contributed by atoms with Crippen molar-refractivity contribution in [3.8, 4) is 22.5 Å². The lowest BCUT2D eigenvalue weighted by molar-refractivity contribution is 1.23. The highest BCUT2D eigenvalue weighted by atomic mass is 16.1. The first-order valence-electron chi connectivity index (χ1n) is 11.1. The normalized spacial score (nSPS) is 11.8. The lowest BCUT2D eigenvalue weighted by Gasteiger charge is -2.09. The second-order valence-electron chi connectivity index (χ2n) is 8.50. The van der Waals surface area contributed by atoms with Crippen LogP contribution >= 0.6 is 0 Å². The summed E-state index contributed by atoms with van der Waals surface area (Å²) in [6.07, 6.45) is 0. The Balaban J connectivity index is 1.62. The van der Waals surface area contributed by atoms with Crippen molar-refractivity contribution in [2.75, 3.05) is 0 Å². The molecule has 0 amide bonds. The first-order valence-corrected chi connectivity index (χ1v) is 11.1. The molecule has 0 saturated heterocycles. The number of hydrogen-bond donors (Lipinski definition) is 0. The molecule has 158 valence electrons. The van der Waals surface area contributed by atoms with Gasteiger partial charge in [-0.15, -0.1) is 0 Å². The molecule has 0 saturated carbocycles. The van der Waals surface area contributed by atoms with Crippen LogP contribution < -0.4 is 11.1 Å². The Labute approximate surface area is 193 Å². The van der Waals surface area contributed by atoms with Crippen LogP contribution in [0.15, 0.2) is 107 Å². The van der Waals surface area contributed by atoms with Crippen molar-refractivity contribution in [1.82, 2.24) is 9.97 Å². The zero-order valence-electron chi connectivity index (χ0n) is 17.9. The molecule has 7 rings (SSSR count). The number of benzene rings is 5. The van der Waals surface area contributed by atoms with Gasteiger partial charge in [-0.3, -0.25) is 9.59 Å². The molecule has 0 N–H and O–H groups in total. The second kappa shape index (κ2) is 6.90. The summed E-state index contributed by atoms with van der Waals surface area (Å²) in [5.41, 5.74) is 1.52. The summed E-state index contributed by atoms with van der Waals surface area (Å²) in [5, 5.41) is 6.72. The molecule has 0 unspecified atom stereocenters. The lowest BCUT2D eigenvalue weighted by atomic mass is 9.95. The van der Waals surface area contributed by atoms with Gasteiger partial charge in [-0.05, 0) is 38.4 Å². The highest BCUT2D eigenvalue weighted by Gasteiger charge is 2.22. The van der Waals surface area contributed by atoms with Gasteiger partial charge in [0.25, 0.3) is 11.1 Å². The van der Waals surface area contributed by atoms with Crippen LogP contribution in [0.4, 0.5) is 0 Å². The smallest absolute Gasteiger partial charge is 0.267 e. The third-order valence-corrected chi connectivity index (χ3v) is 6.65. The molecule has 2 aliphatic heterocycles. The third-order valence-electron chi connectivity index (χ3n) is 6.65. The Hall–Kier alpha value is -4.70. The molecule has 0 atom stereocenters. The molecular weight excluding hydrogens is 420 g/mol. The molecule has 0 radical (unpaired) electrons. The monoisotopic (exact) mass is 436 g/mol. The molecule has 0 fully saturated rings. The number of aromatic nitrogens is 2. The second-order valence-corrected chi connectivity index (χ2v) is 8.50. The summed E-state index contributed by atoms with van der Waals surface area (Å²) < 4.78 is 0. The third kappa shape index (κ3) is 2.54. The highest BCUT2D eigenvalue weighted by Crippen LogP contribution is 2.35. The molecule has 34 heavy (non-hydrogen) atoms. The standard InChI is InChI=1S/C30H16N2O2/c33-29-25-26(30(34)31-27(25)23-15-7-10-17-8-1-3-11-19(17)23)28(32-29)24-16-18-9-2-4-12-20(18)21-13-5-6-14-22(21)24/h1-16H. The summed E-state index contributed by atoms with van der Waals surface area (Å²) in [6.45, 7) is 0.